The molecular formula is C14H14ORb. The van der Waals surface area contributed by atoms with Gasteiger partial charge in [-0.1, -0.05) is 60.7 Å². The van der Waals surface area contributed by atoms with Crippen LogP contribution < -0.4 is 0 Å². The molecular weight excluding hydrogens is 270 g/mol. The maximum atomic E-state index is 5.61. The quantitative estimate of drug-likeness (QED) is 0.838. The summed E-state index contributed by atoms with van der Waals surface area (Å²) < 4.78 is 5.61. The third kappa shape index (κ3) is 5.02. The van der Waals surface area contributed by atoms with E-state index in [9.17, 15) is 0 Å². The van der Waals surface area contributed by atoms with Crippen LogP contribution >= 0.6 is 0 Å². The van der Waals surface area contributed by atoms with E-state index in [2.05, 4.69) is 24.3 Å². The van der Waals surface area contributed by atoms with Crippen LogP contribution in [0.5, 0.6) is 0 Å². The minimum atomic E-state index is 0. The van der Waals surface area contributed by atoms with Crippen molar-refractivity contribution in [2.75, 3.05) is 0 Å². The summed E-state index contributed by atoms with van der Waals surface area (Å²) in [6.07, 6.45) is 0. The van der Waals surface area contributed by atoms with Gasteiger partial charge >= 0.3 is 0 Å². The molecule has 0 aromatic heterocycles. The maximum absolute atomic E-state index is 5.61. The summed E-state index contributed by atoms with van der Waals surface area (Å²) in [5, 5.41) is 0. The van der Waals surface area contributed by atoms with Crippen molar-refractivity contribution in [1.82, 2.24) is 0 Å². The Morgan fingerprint density at radius 2 is 1.00 bits per heavy atom. The summed E-state index contributed by atoms with van der Waals surface area (Å²) >= 11 is 0. The van der Waals surface area contributed by atoms with Crippen LogP contribution in [0.1, 0.15) is 11.1 Å². The zero-order valence-corrected chi connectivity index (χ0v) is 14.5. The van der Waals surface area contributed by atoms with Crippen LogP contribution in [0.25, 0.3) is 0 Å². The van der Waals surface area contributed by atoms with E-state index in [-0.39, 0.29) is 58.2 Å². The van der Waals surface area contributed by atoms with Gasteiger partial charge in [-0.15, -0.1) is 0 Å². The topological polar surface area (TPSA) is 9.23 Å². The number of rotatable bonds is 4. The molecule has 2 aromatic rings. The minimum absolute atomic E-state index is 0. The van der Waals surface area contributed by atoms with Crippen LogP contribution in [0.4, 0.5) is 0 Å². The first-order chi connectivity index (χ1) is 7.45. The predicted molar refractivity (Wildman–Crippen MR) is 67.1 cm³/mol. The third-order valence-electron chi connectivity index (χ3n) is 2.22. The monoisotopic (exact) mass is 283 g/mol. The molecule has 0 aliphatic rings. The van der Waals surface area contributed by atoms with E-state index >= 15 is 0 Å². The Kier molecular flexibility index (Phi) is 7.42. The summed E-state index contributed by atoms with van der Waals surface area (Å²) in [6, 6.07) is 20.4. The van der Waals surface area contributed by atoms with E-state index in [1.54, 1.807) is 0 Å². The van der Waals surface area contributed by atoms with Crippen LogP contribution in [0.15, 0.2) is 60.7 Å². The third-order valence-corrected chi connectivity index (χ3v) is 2.22. The van der Waals surface area contributed by atoms with Crippen LogP contribution in [0.3, 0.4) is 0 Å². The first-order valence-electron chi connectivity index (χ1n) is 5.11. The van der Waals surface area contributed by atoms with Crippen molar-refractivity contribution in [3.63, 3.8) is 0 Å². The van der Waals surface area contributed by atoms with E-state index in [1.807, 2.05) is 36.4 Å². The molecule has 0 amide bonds. The number of hydrogen-bond acceptors (Lipinski definition) is 1. The van der Waals surface area contributed by atoms with Gasteiger partial charge in [0.2, 0.25) is 0 Å². The van der Waals surface area contributed by atoms with Gasteiger partial charge < -0.3 is 4.74 Å². The molecule has 2 heteroatoms. The van der Waals surface area contributed by atoms with Crippen molar-refractivity contribution in [3.05, 3.63) is 71.8 Å². The van der Waals surface area contributed by atoms with E-state index < -0.39 is 0 Å². The molecule has 0 atom stereocenters. The van der Waals surface area contributed by atoms with E-state index in [0.29, 0.717) is 13.2 Å². The minimum Gasteiger partial charge on any atom is -0.372 e. The molecule has 0 aliphatic heterocycles. The van der Waals surface area contributed by atoms with E-state index in [0.717, 1.165) is 0 Å². The Balaban J connectivity index is 0.00000128. The predicted octanol–water partition coefficient (Wildman–Crippen LogP) is 3.02. The second-order valence-corrected chi connectivity index (χ2v) is 3.46. The summed E-state index contributed by atoms with van der Waals surface area (Å²) in [6.45, 7) is 1.35. The van der Waals surface area contributed by atoms with Crippen molar-refractivity contribution >= 4 is 58.2 Å². The first kappa shape index (κ1) is 14.3. The molecule has 2 aromatic carbocycles. The molecule has 0 saturated heterocycles. The van der Waals surface area contributed by atoms with Gasteiger partial charge in [-0.25, -0.2) is 0 Å². The smallest absolute Gasteiger partial charge is 0.0721 e. The average molecular weight is 284 g/mol. The van der Waals surface area contributed by atoms with E-state index in [1.165, 1.54) is 11.1 Å². The Hall–Kier alpha value is 0.205. The maximum Gasteiger partial charge on any atom is 0.0721 e. The molecule has 0 spiro atoms. The average Bonchev–Trinajstić information content (AvgIpc) is 2.32. The van der Waals surface area contributed by atoms with Gasteiger partial charge in [-0.2, -0.15) is 0 Å². The van der Waals surface area contributed by atoms with Crippen LogP contribution in [-0.4, -0.2) is 58.2 Å². The molecule has 1 nitrogen and oxygen atoms in total. The van der Waals surface area contributed by atoms with Crippen molar-refractivity contribution in [2.45, 2.75) is 13.2 Å². The van der Waals surface area contributed by atoms with Gasteiger partial charge in [0.05, 0.1) is 13.2 Å². The van der Waals surface area contributed by atoms with Crippen molar-refractivity contribution in [2.24, 2.45) is 0 Å². The fourth-order valence-corrected chi connectivity index (χ4v) is 1.44. The molecule has 0 unspecified atom stereocenters. The molecule has 2 rings (SSSR count). The largest absolute Gasteiger partial charge is 0.372 e. The fraction of sp³-hybridized carbons (Fsp3) is 0.143. The molecule has 77 valence electrons. The standard InChI is InChI=1S/C14H14O.Rb/c1-3-7-13(8-4-1)11-15-12-14-9-5-2-6-10-14;/h1-10H,11-12H2;. The second-order valence-electron chi connectivity index (χ2n) is 3.46. The first-order valence-corrected chi connectivity index (χ1v) is 5.11. The van der Waals surface area contributed by atoms with Gasteiger partial charge in [-0.3, -0.25) is 0 Å². The number of hydrogen-bond donors (Lipinski definition) is 0. The van der Waals surface area contributed by atoms with Crippen LogP contribution in [0.2, 0.25) is 0 Å². The summed E-state index contributed by atoms with van der Waals surface area (Å²) in [5.41, 5.74) is 2.43. The molecule has 1 radical (unpaired) electrons. The normalized spacial score (nSPS) is 9.50. The van der Waals surface area contributed by atoms with Crippen molar-refractivity contribution in [1.29, 1.82) is 0 Å². The van der Waals surface area contributed by atoms with Gasteiger partial charge in [-0.05, 0) is 11.1 Å². The molecule has 0 N–H and O–H groups in total. The molecule has 0 saturated carbocycles. The van der Waals surface area contributed by atoms with Gasteiger partial charge in [0, 0.05) is 58.2 Å². The summed E-state index contributed by atoms with van der Waals surface area (Å²) in [4.78, 5) is 0. The number of ether oxygens (including phenoxy) is 1. The SMILES string of the molecule is [Rb].c1ccc(COCc2ccccc2)cc1. The summed E-state index contributed by atoms with van der Waals surface area (Å²) in [5.74, 6) is 0. The zero-order valence-electron chi connectivity index (χ0n) is 9.60. The van der Waals surface area contributed by atoms with Crippen LogP contribution in [0, 0.1) is 0 Å². The van der Waals surface area contributed by atoms with Crippen molar-refractivity contribution in [3.8, 4) is 0 Å². The Bertz CT molecular complexity index is 346. The van der Waals surface area contributed by atoms with Crippen LogP contribution in [-0.2, 0) is 18.0 Å². The van der Waals surface area contributed by atoms with Gasteiger partial charge in [0.15, 0.2) is 0 Å². The Morgan fingerprint density at radius 3 is 1.38 bits per heavy atom. The fourth-order valence-electron chi connectivity index (χ4n) is 1.44. The number of benzene rings is 2. The molecule has 0 bridgehead atoms. The molecule has 0 heterocycles. The van der Waals surface area contributed by atoms with Gasteiger partial charge in [0.1, 0.15) is 0 Å². The summed E-state index contributed by atoms with van der Waals surface area (Å²) in [7, 11) is 0. The van der Waals surface area contributed by atoms with Gasteiger partial charge in [0.25, 0.3) is 0 Å². The molecule has 0 fully saturated rings. The Morgan fingerprint density at radius 1 is 0.625 bits per heavy atom. The zero-order chi connectivity index (χ0) is 10.3. The van der Waals surface area contributed by atoms with Crippen molar-refractivity contribution < 1.29 is 4.74 Å². The van der Waals surface area contributed by atoms with E-state index in [4.69, 9.17) is 4.74 Å². The molecule has 16 heavy (non-hydrogen) atoms. The second kappa shape index (κ2) is 8.32. The Labute approximate surface area is 146 Å². The molecule has 0 aliphatic carbocycles.